The SMILES string of the molecule is Cn1cncc1[C@@H]1C[C@H](NC(=O)[C@@H]2C[C@@H]2c2ccccc2)CCO1. The predicted molar refractivity (Wildman–Crippen MR) is 90.4 cm³/mol. The highest BCUT2D eigenvalue weighted by Crippen LogP contribution is 2.47. The summed E-state index contributed by atoms with van der Waals surface area (Å²) in [6.07, 6.45) is 6.30. The van der Waals surface area contributed by atoms with Gasteiger partial charge in [-0.1, -0.05) is 30.3 Å². The second-order valence-electron chi connectivity index (χ2n) is 6.88. The molecule has 5 nitrogen and oxygen atoms in total. The van der Waals surface area contributed by atoms with Crippen LogP contribution in [0.25, 0.3) is 0 Å². The minimum absolute atomic E-state index is 0.0145. The summed E-state index contributed by atoms with van der Waals surface area (Å²) in [4.78, 5) is 16.7. The van der Waals surface area contributed by atoms with Gasteiger partial charge in [0.05, 0.1) is 18.2 Å². The van der Waals surface area contributed by atoms with Crippen molar-refractivity contribution in [1.82, 2.24) is 14.9 Å². The third-order valence-electron chi connectivity index (χ3n) is 5.17. The van der Waals surface area contributed by atoms with Crippen LogP contribution in [0.3, 0.4) is 0 Å². The van der Waals surface area contributed by atoms with Crippen molar-refractivity contribution < 1.29 is 9.53 Å². The van der Waals surface area contributed by atoms with E-state index in [9.17, 15) is 4.79 Å². The Hall–Kier alpha value is -2.14. The molecule has 0 spiro atoms. The highest BCUT2D eigenvalue weighted by atomic mass is 16.5. The van der Waals surface area contributed by atoms with Gasteiger partial charge in [-0.25, -0.2) is 4.98 Å². The van der Waals surface area contributed by atoms with Gasteiger partial charge in [0.1, 0.15) is 6.10 Å². The van der Waals surface area contributed by atoms with Crippen molar-refractivity contribution in [2.24, 2.45) is 13.0 Å². The van der Waals surface area contributed by atoms with Crippen LogP contribution in [0.2, 0.25) is 0 Å². The average molecular weight is 325 g/mol. The Morgan fingerprint density at radius 3 is 2.88 bits per heavy atom. The molecule has 2 aliphatic rings. The Labute approximate surface area is 142 Å². The van der Waals surface area contributed by atoms with Crippen LogP contribution in [-0.2, 0) is 16.6 Å². The number of carbonyl (C=O) groups is 1. The first-order valence-corrected chi connectivity index (χ1v) is 8.65. The molecule has 4 rings (SSSR count). The number of nitrogens with zero attached hydrogens (tertiary/aromatic N) is 2. The van der Waals surface area contributed by atoms with E-state index < -0.39 is 0 Å². The Bertz CT molecular complexity index is 712. The third-order valence-corrected chi connectivity index (χ3v) is 5.17. The molecule has 2 aromatic rings. The van der Waals surface area contributed by atoms with Crippen molar-refractivity contribution in [2.75, 3.05) is 6.61 Å². The zero-order chi connectivity index (χ0) is 16.5. The Balaban J connectivity index is 1.34. The molecule has 1 aromatic heterocycles. The van der Waals surface area contributed by atoms with Gasteiger partial charge in [-0.2, -0.15) is 0 Å². The second kappa shape index (κ2) is 6.40. The number of aromatic nitrogens is 2. The van der Waals surface area contributed by atoms with Crippen molar-refractivity contribution in [2.45, 2.75) is 37.3 Å². The highest BCUT2D eigenvalue weighted by Gasteiger charge is 2.44. The number of benzene rings is 1. The number of ether oxygens (including phenoxy) is 1. The molecule has 0 radical (unpaired) electrons. The first-order chi connectivity index (χ1) is 11.7. The van der Waals surface area contributed by atoms with Crippen LogP contribution in [0.4, 0.5) is 0 Å². The number of rotatable bonds is 4. The molecular weight excluding hydrogens is 302 g/mol. The van der Waals surface area contributed by atoms with Crippen LogP contribution in [0, 0.1) is 5.92 Å². The van der Waals surface area contributed by atoms with Crippen molar-refractivity contribution in [3.05, 3.63) is 54.1 Å². The summed E-state index contributed by atoms with van der Waals surface area (Å²) in [5.41, 5.74) is 2.35. The van der Waals surface area contributed by atoms with Gasteiger partial charge in [0.25, 0.3) is 0 Å². The van der Waals surface area contributed by atoms with E-state index >= 15 is 0 Å². The number of carbonyl (C=O) groups excluding carboxylic acids is 1. The van der Waals surface area contributed by atoms with E-state index in [2.05, 4.69) is 22.4 Å². The maximum Gasteiger partial charge on any atom is 0.223 e. The molecule has 5 heteroatoms. The van der Waals surface area contributed by atoms with Crippen molar-refractivity contribution >= 4 is 5.91 Å². The molecule has 1 amide bonds. The van der Waals surface area contributed by atoms with Gasteiger partial charge in [0, 0.05) is 25.6 Å². The van der Waals surface area contributed by atoms with E-state index in [1.165, 1.54) is 5.56 Å². The minimum Gasteiger partial charge on any atom is -0.372 e. The second-order valence-corrected chi connectivity index (χ2v) is 6.88. The van der Waals surface area contributed by atoms with E-state index in [0.717, 1.165) is 25.0 Å². The molecule has 24 heavy (non-hydrogen) atoms. The predicted octanol–water partition coefficient (Wildman–Crippen LogP) is 2.56. The molecule has 0 bridgehead atoms. The number of aryl methyl sites for hydroxylation is 1. The zero-order valence-corrected chi connectivity index (χ0v) is 13.9. The van der Waals surface area contributed by atoms with E-state index in [-0.39, 0.29) is 24.0 Å². The summed E-state index contributed by atoms with van der Waals surface area (Å²) in [6.45, 7) is 0.674. The molecule has 0 unspecified atom stereocenters. The first kappa shape index (κ1) is 15.4. The summed E-state index contributed by atoms with van der Waals surface area (Å²) in [5.74, 6) is 0.712. The van der Waals surface area contributed by atoms with Gasteiger partial charge < -0.3 is 14.6 Å². The molecular formula is C19H23N3O2. The number of imidazole rings is 1. The molecule has 4 atom stereocenters. The summed E-state index contributed by atoms with van der Waals surface area (Å²) in [7, 11) is 1.97. The summed E-state index contributed by atoms with van der Waals surface area (Å²) < 4.78 is 7.86. The fourth-order valence-electron chi connectivity index (χ4n) is 3.67. The molecule has 2 heterocycles. The van der Waals surface area contributed by atoms with Crippen molar-refractivity contribution in [3.63, 3.8) is 0 Å². The smallest absolute Gasteiger partial charge is 0.223 e. The number of hydrogen-bond acceptors (Lipinski definition) is 3. The fourth-order valence-corrected chi connectivity index (χ4v) is 3.67. The van der Waals surface area contributed by atoms with Gasteiger partial charge in [0.2, 0.25) is 5.91 Å². The minimum atomic E-state index is 0.0145. The molecule has 1 aromatic carbocycles. The Morgan fingerprint density at radius 2 is 2.12 bits per heavy atom. The van der Waals surface area contributed by atoms with Crippen LogP contribution in [0.5, 0.6) is 0 Å². The third kappa shape index (κ3) is 3.08. The number of hydrogen-bond donors (Lipinski definition) is 1. The van der Waals surface area contributed by atoms with E-state index in [4.69, 9.17) is 4.74 Å². The van der Waals surface area contributed by atoms with E-state index in [0.29, 0.717) is 12.5 Å². The monoisotopic (exact) mass is 325 g/mol. The average Bonchev–Trinajstić information content (AvgIpc) is 3.30. The van der Waals surface area contributed by atoms with Crippen LogP contribution in [-0.4, -0.2) is 28.1 Å². The summed E-state index contributed by atoms with van der Waals surface area (Å²) in [5, 5.41) is 3.24. The van der Waals surface area contributed by atoms with Crippen LogP contribution < -0.4 is 5.32 Å². The fraction of sp³-hybridized carbons (Fsp3) is 0.474. The largest absolute Gasteiger partial charge is 0.372 e. The van der Waals surface area contributed by atoms with Crippen molar-refractivity contribution in [3.8, 4) is 0 Å². The normalized spacial score (nSPS) is 29.2. The van der Waals surface area contributed by atoms with Gasteiger partial charge >= 0.3 is 0 Å². The lowest BCUT2D eigenvalue weighted by Gasteiger charge is -2.30. The maximum absolute atomic E-state index is 12.5. The maximum atomic E-state index is 12.5. The van der Waals surface area contributed by atoms with Crippen LogP contribution >= 0.6 is 0 Å². The van der Waals surface area contributed by atoms with Gasteiger partial charge in [-0.3, -0.25) is 4.79 Å². The van der Waals surface area contributed by atoms with Crippen LogP contribution in [0.1, 0.15) is 42.5 Å². The van der Waals surface area contributed by atoms with Gasteiger partial charge in [-0.15, -0.1) is 0 Å². The molecule has 126 valence electrons. The zero-order valence-electron chi connectivity index (χ0n) is 13.9. The molecule has 1 saturated heterocycles. The van der Waals surface area contributed by atoms with Gasteiger partial charge in [0.15, 0.2) is 0 Å². The summed E-state index contributed by atoms with van der Waals surface area (Å²) in [6, 6.07) is 10.5. The standard InChI is InChI=1S/C19H23N3O2/c1-22-12-20-11-17(22)18-9-14(7-8-24-18)21-19(23)16-10-15(16)13-5-3-2-4-6-13/h2-6,11-12,14-16,18H,7-10H2,1H3,(H,21,23)/t14-,15-,16-,18+/m1/s1. The topological polar surface area (TPSA) is 56.2 Å². The number of nitrogens with one attached hydrogen (secondary N) is 1. The molecule has 1 saturated carbocycles. The Morgan fingerprint density at radius 1 is 1.29 bits per heavy atom. The Kier molecular flexibility index (Phi) is 4.10. The van der Waals surface area contributed by atoms with Crippen molar-refractivity contribution in [1.29, 1.82) is 0 Å². The number of amides is 1. The molecule has 1 aliphatic heterocycles. The molecule has 2 fully saturated rings. The van der Waals surface area contributed by atoms with E-state index in [1.54, 1.807) is 6.33 Å². The lowest BCUT2D eigenvalue weighted by atomic mass is 10.0. The highest BCUT2D eigenvalue weighted by molar-refractivity contribution is 5.83. The lowest BCUT2D eigenvalue weighted by Crippen LogP contribution is -2.41. The summed E-state index contributed by atoms with van der Waals surface area (Å²) >= 11 is 0. The lowest BCUT2D eigenvalue weighted by molar-refractivity contribution is -0.124. The first-order valence-electron chi connectivity index (χ1n) is 8.65. The quantitative estimate of drug-likeness (QED) is 0.940. The van der Waals surface area contributed by atoms with E-state index in [1.807, 2.05) is 36.0 Å². The molecule has 1 aliphatic carbocycles. The molecule has 1 N–H and O–H groups in total. The van der Waals surface area contributed by atoms with Gasteiger partial charge in [-0.05, 0) is 30.7 Å². The van der Waals surface area contributed by atoms with Crippen LogP contribution in [0.15, 0.2) is 42.9 Å².